The van der Waals surface area contributed by atoms with Crippen LogP contribution in [-0.4, -0.2) is 22.3 Å². The molecule has 4 rings (SSSR count). The second-order valence-electron chi connectivity index (χ2n) is 6.18. The minimum atomic E-state index is -0.464. The first-order valence-electron chi connectivity index (χ1n) is 8.57. The molecular weight excluding hydrogens is 365 g/mol. The van der Waals surface area contributed by atoms with Crippen LogP contribution in [0.5, 0.6) is 11.5 Å². The van der Waals surface area contributed by atoms with Gasteiger partial charge in [-0.05, 0) is 29.8 Å². The van der Waals surface area contributed by atoms with Gasteiger partial charge in [-0.3, -0.25) is 14.2 Å². The lowest BCUT2D eigenvalue weighted by Crippen LogP contribution is -2.32. The quantitative estimate of drug-likeness (QED) is 0.732. The lowest BCUT2D eigenvalue weighted by Gasteiger charge is -2.09. The van der Waals surface area contributed by atoms with Gasteiger partial charge in [0.2, 0.25) is 12.7 Å². The molecule has 1 N–H and O–H groups in total. The highest BCUT2D eigenvalue weighted by atomic mass is 19.1. The number of hydrogen-bond acceptors (Lipinski definition) is 5. The number of aromatic nitrogens is 2. The van der Waals surface area contributed by atoms with E-state index < -0.39 is 11.4 Å². The largest absolute Gasteiger partial charge is 0.454 e. The minimum Gasteiger partial charge on any atom is -0.454 e. The second kappa shape index (κ2) is 7.51. The molecule has 0 spiro atoms. The number of hydrogen-bond donors (Lipinski definition) is 1. The standard InChI is InChI=1S/C20H16FN3O4/c21-15-4-2-1-3-14(15)16-8-20(26)24(11-23-16)10-19(25)22-9-13-5-6-17-18(7-13)28-12-27-17/h1-8,11H,9-10,12H2,(H,22,25). The summed E-state index contributed by atoms with van der Waals surface area (Å²) in [5.41, 5.74) is 0.864. The van der Waals surface area contributed by atoms with Crippen molar-refractivity contribution in [1.82, 2.24) is 14.9 Å². The third-order valence-corrected chi connectivity index (χ3v) is 4.27. The highest BCUT2D eigenvalue weighted by Crippen LogP contribution is 2.32. The van der Waals surface area contributed by atoms with Crippen molar-refractivity contribution in [3.05, 3.63) is 76.6 Å². The molecule has 2 aromatic carbocycles. The Labute approximate surface area is 159 Å². The van der Waals surface area contributed by atoms with Crippen LogP contribution in [0, 0.1) is 5.82 Å². The van der Waals surface area contributed by atoms with Crippen LogP contribution in [0.3, 0.4) is 0 Å². The topological polar surface area (TPSA) is 82.5 Å². The van der Waals surface area contributed by atoms with E-state index >= 15 is 0 Å². The van der Waals surface area contributed by atoms with E-state index in [0.29, 0.717) is 11.5 Å². The summed E-state index contributed by atoms with van der Waals surface area (Å²) in [4.78, 5) is 28.5. The van der Waals surface area contributed by atoms with E-state index in [1.807, 2.05) is 6.07 Å². The summed E-state index contributed by atoms with van der Waals surface area (Å²) in [5.74, 6) is 0.493. The maximum atomic E-state index is 13.8. The molecule has 0 bridgehead atoms. The summed E-state index contributed by atoms with van der Waals surface area (Å²) >= 11 is 0. The van der Waals surface area contributed by atoms with Gasteiger partial charge in [0.15, 0.2) is 11.5 Å². The predicted octanol–water partition coefficient (Wildman–Crippen LogP) is 2.09. The Morgan fingerprint density at radius 3 is 2.79 bits per heavy atom. The zero-order chi connectivity index (χ0) is 19.5. The SMILES string of the molecule is O=C(Cn1cnc(-c2ccccc2F)cc1=O)NCc1ccc2c(c1)OCO2. The maximum Gasteiger partial charge on any atom is 0.254 e. The Bertz CT molecular complexity index is 1100. The van der Waals surface area contributed by atoms with Crippen molar-refractivity contribution in [2.75, 3.05) is 6.79 Å². The third-order valence-electron chi connectivity index (χ3n) is 4.27. The van der Waals surface area contributed by atoms with Crippen LogP contribution in [0.15, 0.2) is 59.7 Å². The van der Waals surface area contributed by atoms with Crippen molar-refractivity contribution in [3.8, 4) is 22.8 Å². The average Bonchev–Trinajstić information content (AvgIpc) is 3.16. The molecule has 1 aromatic heterocycles. The van der Waals surface area contributed by atoms with Gasteiger partial charge >= 0.3 is 0 Å². The zero-order valence-corrected chi connectivity index (χ0v) is 14.7. The van der Waals surface area contributed by atoms with Gasteiger partial charge < -0.3 is 14.8 Å². The van der Waals surface area contributed by atoms with Crippen molar-refractivity contribution in [2.24, 2.45) is 0 Å². The molecule has 7 nitrogen and oxygen atoms in total. The molecule has 1 amide bonds. The third kappa shape index (κ3) is 3.71. The Hall–Kier alpha value is -3.68. The molecule has 2 heterocycles. The number of halogens is 1. The van der Waals surface area contributed by atoms with Crippen molar-refractivity contribution < 1.29 is 18.7 Å². The molecule has 0 fully saturated rings. The number of benzene rings is 2. The van der Waals surface area contributed by atoms with Gasteiger partial charge in [-0.1, -0.05) is 18.2 Å². The van der Waals surface area contributed by atoms with Gasteiger partial charge in [0.25, 0.3) is 5.56 Å². The molecule has 1 aliphatic rings. The van der Waals surface area contributed by atoms with E-state index in [2.05, 4.69) is 10.3 Å². The molecule has 3 aromatic rings. The van der Waals surface area contributed by atoms with Crippen LogP contribution >= 0.6 is 0 Å². The fraction of sp³-hybridized carbons (Fsp3) is 0.150. The lowest BCUT2D eigenvalue weighted by molar-refractivity contribution is -0.121. The van der Waals surface area contributed by atoms with E-state index in [9.17, 15) is 14.0 Å². The van der Waals surface area contributed by atoms with Crippen LogP contribution in [-0.2, 0) is 17.9 Å². The van der Waals surface area contributed by atoms with Crippen LogP contribution in [0.4, 0.5) is 4.39 Å². The molecule has 8 heteroatoms. The van der Waals surface area contributed by atoms with E-state index in [-0.39, 0.29) is 37.0 Å². The summed E-state index contributed by atoms with van der Waals surface area (Å²) in [6.07, 6.45) is 1.24. The number of amides is 1. The molecule has 0 saturated heterocycles. The second-order valence-corrected chi connectivity index (χ2v) is 6.18. The number of rotatable bonds is 5. The number of carbonyl (C=O) groups is 1. The van der Waals surface area contributed by atoms with E-state index in [4.69, 9.17) is 9.47 Å². The summed E-state index contributed by atoms with van der Waals surface area (Å²) in [5, 5.41) is 2.74. The number of ether oxygens (including phenoxy) is 2. The number of fused-ring (bicyclic) bond motifs is 1. The van der Waals surface area contributed by atoms with Gasteiger partial charge in [-0.25, -0.2) is 9.37 Å². The van der Waals surface area contributed by atoms with Gasteiger partial charge in [0, 0.05) is 18.2 Å². The molecule has 0 aliphatic carbocycles. The molecule has 0 atom stereocenters. The van der Waals surface area contributed by atoms with Crippen molar-refractivity contribution in [1.29, 1.82) is 0 Å². The van der Waals surface area contributed by atoms with Gasteiger partial charge in [-0.15, -0.1) is 0 Å². The Morgan fingerprint density at radius 1 is 1.14 bits per heavy atom. The van der Waals surface area contributed by atoms with E-state index in [0.717, 1.165) is 5.56 Å². The smallest absolute Gasteiger partial charge is 0.254 e. The number of carbonyl (C=O) groups excluding carboxylic acids is 1. The Morgan fingerprint density at radius 2 is 1.96 bits per heavy atom. The number of nitrogens with zero attached hydrogens (tertiary/aromatic N) is 2. The van der Waals surface area contributed by atoms with Gasteiger partial charge in [0.1, 0.15) is 12.4 Å². The van der Waals surface area contributed by atoms with Crippen LogP contribution in [0.25, 0.3) is 11.3 Å². The first-order valence-corrected chi connectivity index (χ1v) is 8.57. The maximum absolute atomic E-state index is 13.8. The van der Waals surface area contributed by atoms with E-state index in [1.165, 1.54) is 23.0 Å². The normalized spacial score (nSPS) is 12.0. The zero-order valence-electron chi connectivity index (χ0n) is 14.7. The first-order chi connectivity index (χ1) is 13.6. The molecule has 1 aliphatic heterocycles. The molecule has 0 unspecified atom stereocenters. The molecule has 142 valence electrons. The van der Waals surface area contributed by atoms with Crippen molar-refractivity contribution >= 4 is 5.91 Å². The van der Waals surface area contributed by atoms with Crippen molar-refractivity contribution in [3.63, 3.8) is 0 Å². The Balaban J connectivity index is 1.40. The summed E-state index contributed by atoms with van der Waals surface area (Å²) in [7, 11) is 0. The summed E-state index contributed by atoms with van der Waals surface area (Å²) < 4.78 is 25.5. The predicted molar refractivity (Wildman–Crippen MR) is 98.3 cm³/mol. The summed E-state index contributed by atoms with van der Waals surface area (Å²) in [6, 6.07) is 12.7. The van der Waals surface area contributed by atoms with Gasteiger partial charge in [-0.2, -0.15) is 0 Å². The minimum absolute atomic E-state index is 0.184. The van der Waals surface area contributed by atoms with Crippen LogP contribution < -0.4 is 20.3 Å². The average molecular weight is 381 g/mol. The summed E-state index contributed by atoms with van der Waals surface area (Å²) in [6.45, 7) is 0.281. The highest BCUT2D eigenvalue weighted by molar-refractivity contribution is 5.75. The molecule has 28 heavy (non-hydrogen) atoms. The Kier molecular flexibility index (Phi) is 4.76. The highest BCUT2D eigenvalue weighted by Gasteiger charge is 2.14. The monoisotopic (exact) mass is 381 g/mol. The van der Waals surface area contributed by atoms with E-state index in [1.54, 1.807) is 30.3 Å². The lowest BCUT2D eigenvalue weighted by atomic mass is 10.1. The fourth-order valence-corrected chi connectivity index (χ4v) is 2.82. The molecule has 0 saturated carbocycles. The van der Waals surface area contributed by atoms with Crippen LogP contribution in [0.2, 0.25) is 0 Å². The van der Waals surface area contributed by atoms with Crippen LogP contribution in [0.1, 0.15) is 5.56 Å². The molecule has 0 radical (unpaired) electrons. The fourth-order valence-electron chi connectivity index (χ4n) is 2.82. The number of nitrogens with one attached hydrogen (secondary N) is 1. The first kappa shape index (κ1) is 17.7. The molecular formula is C20H16FN3O4. The van der Waals surface area contributed by atoms with Gasteiger partial charge in [0.05, 0.1) is 12.0 Å². The van der Waals surface area contributed by atoms with Crippen molar-refractivity contribution in [2.45, 2.75) is 13.1 Å².